The Morgan fingerprint density at radius 1 is 0.264 bits per heavy atom. The van der Waals surface area contributed by atoms with Crippen LogP contribution in [0.25, 0.3) is 66.1 Å². The van der Waals surface area contributed by atoms with Crippen molar-refractivity contribution < 1.29 is 4.74 Å². The first kappa shape index (κ1) is 39.6. The number of hydrogen-bond donors (Lipinski definition) is 0. The molecule has 0 atom stereocenters. The Labute approximate surface area is 418 Å². The van der Waals surface area contributed by atoms with Crippen LogP contribution >= 0.6 is 0 Å². The summed E-state index contributed by atoms with van der Waals surface area (Å²) >= 11 is 0. The van der Waals surface area contributed by atoms with Gasteiger partial charge in [-0.3, -0.25) is 0 Å². The molecule has 0 fully saturated rings. The van der Waals surface area contributed by atoms with Gasteiger partial charge < -0.3 is 9.64 Å². The SMILES string of the molecule is c1ccc(-c2ccccc2N(c2ccc3c(c2)C2(c4ccccc4-c4ccccc42)c2ccccc2-3)c2ccc3c(c2)C2(c4ccccc4-3)c3ccc4ccccc4c3Oc3c2ccc2ccccc32)cc1. The van der Waals surface area contributed by atoms with Gasteiger partial charge in [-0.25, -0.2) is 0 Å². The Morgan fingerprint density at radius 2 is 0.639 bits per heavy atom. The average Bonchev–Trinajstić information content (AvgIpc) is 4.03. The van der Waals surface area contributed by atoms with Gasteiger partial charge in [-0.05, 0) is 113 Å². The van der Waals surface area contributed by atoms with Crippen LogP contribution in [0.15, 0.2) is 261 Å². The van der Waals surface area contributed by atoms with Crippen LogP contribution in [0.1, 0.15) is 44.5 Å². The average molecular weight is 914 g/mol. The highest BCUT2D eigenvalue weighted by Crippen LogP contribution is 2.66. The zero-order valence-electron chi connectivity index (χ0n) is 39.2. The van der Waals surface area contributed by atoms with Crippen molar-refractivity contribution in [2.75, 3.05) is 4.90 Å². The second-order valence-electron chi connectivity index (χ2n) is 19.8. The van der Waals surface area contributed by atoms with Gasteiger partial charge in [0.1, 0.15) is 11.5 Å². The minimum Gasteiger partial charge on any atom is -0.455 e. The van der Waals surface area contributed by atoms with Crippen LogP contribution in [0.5, 0.6) is 11.5 Å². The lowest BCUT2D eigenvalue weighted by Crippen LogP contribution is -2.32. The third-order valence-corrected chi connectivity index (χ3v) is 16.5. The van der Waals surface area contributed by atoms with Crippen molar-refractivity contribution in [3.8, 4) is 56.0 Å². The third-order valence-electron chi connectivity index (χ3n) is 16.5. The Kier molecular flexibility index (Phi) is 8.05. The minimum absolute atomic E-state index is 0.496. The van der Waals surface area contributed by atoms with E-state index in [1.54, 1.807) is 0 Å². The minimum atomic E-state index is -0.704. The Bertz CT molecular complexity index is 4130. The smallest absolute Gasteiger partial charge is 0.140 e. The van der Waals surface area contributed by atoms with Crippen LogP contribution < -0.4 is 9.64 Å². The van der Waals surface area contributed by atoms with Crippen molar-refractivity contribution in [3.63, 3.8) is 0 Å². The van der Waals surface area contributed by atoms with Crippen molar-refractivity contribution in [2.45, 2.75) is 10.8 Å². The first-order valence-corrected chi connectivity index (χ1v) is 25.1. The van der Waals surface area contributed by atoms with Gasteiger partial charge in [0.15, 0.2) is 0 Å². The van der Waals surface area contributed by atoms with Gasteiger partial charge in [-0.1, -0.05) is 231 Å². The van der Waals surface area contributed by atoms with Crippen molar-refractivity contribution in [2.24, 2.45) is 0 Å². The third kappa shape index (κ3) is 5.03. The Balaban J connectivity index is 1.01. The monoisotopic (exact) mass is 913 g/mol. The van der Waals surface area contributed by atoms with Crippen LogP contribution in [-0.4, -0.2) is 0 Å². The molecule has 334 valence electrons. The molecule has 4 aliphatic rings. The molecule has 0 saturated heterocycles. The molecule has 2 heteroatoms. The molecule has 2 spiro atoms. The van der Waals surface area contributed by atoms with Gasteiger partial charge in [0.05, 0.1) is 16.5 Å². The van der Waals surface area contributed by atoms with Crippen molar-refractivity contribution in [3.05, 3.63) is 305 Å². The van der Waals surface area contributed by atoms with Crippen LogP contribution in [0, 0.1) is 0 Å². The second-order valence-corrected chi connectivity index (χ2v) is 19.8. The highest BCUT2D eigenvalue weighted by Gasteiger charge is 2.54. The number of nitrogens with zero attached hydrogens (tertiary/aromatic N) is 1. The summed E-state index contributed by atoms with van der Waals surface area (Å²) in [6.45, 7) is 0. The Hall–Kier alpha value is -9.24. The summed E-state index contributed by atoms with van der Waals surface area (Å²) in [6.07, 6.45) is 0. The highest BCUT2D eigenvalue weighted by atomic mass is 16.5. The molecule has 12 aromatic rings. The number of hydrogen-bond acceptors (Lipinski definition) is 2. The summed E-state index contributed by atoms with van der Waals surface area (Å²) in [5, 5.41) is 4.53. The summed E-state index contributed by atoms with van der Waals surface area (Å²) < 4.78 is 7.36. The van der Waals surface area contributed by atoms with E-state index in [1.165, 1.54) is 66.8 Å². The molecule has 72 heavy (non-hydrogen) atoms. The molecule has 0 N–H and O–H groups in total. The lowest BCUT2D eigenvalue weighted by molar-refractivity contribution is 0.447. The number of rotatable bonds is 4. The predicted molar refractivity (Wildman–Crippen MR) is 295 cm³/mol. The largest absolute Gasteiger partial charge is 0.455 e. The molecule has 16 rings (SSSR count). The molecule has 3 aliphatic carbocycles. The molecule has 0 unspecified atom stereocenters. The van der Waals surface area contributed by atoms with Crippen molar-refractivity contribution >= 4 is 38.6 Å². The summed E-state index contributed by atoms with van der Waals surface area (Å²) in [7, 11) is 0. The number of fused-ring (bicyclic) bond motifs is 23. The maximum absolute atomic E-state index is 7.36. The van der Waals surface area contributed by atoms with E-state index in [4.69, 9.17) is 4.74 Å². The van der Waals surface area contributed by atoms with Gasteiger partial charge in [0.25, 0.3) is 0 Å². The predicted octanol–water partition coefficient (Wildman–Crippen LogP) is 17.9. The lowest BCUT2D eigenvalue weighted by atomic mass is 9.65. The quantitative estimate of drug-likeness (QED) is 0.174. The second kappa shape index (κ2) is 14.6. The molecule has 0 saturated carbocycles. The number of ether oxygens (including phenoxy) is 1. The number of para-hydroxylation sites is 1. The Morgan fingerprint density at radius 3 is 1.12 bits per heavy atom. The molecule has 0 radical (unpaired) electrons. The van der Waals surface area contributed by atoms with E-state index in [-0.39, 0.29) is 0 Å². The molecular formula is C70H43NO. The number of anilines is 3. The fourth-order valence-corrected chi connectivity index (χ4v) is 13.7. The fourth-order valence-electron chi connectivity index (χ4n) is 13.7. The van der Waals surface area contributed by atoms with Crippen LogP contribution in [-0.2, 0) is 10.8 Å². The van der Waals surface area contributed by atoms with E-state index in [1.807, 2.05) is 0 Å². The molecule has 0 amide bonds. The van der Waals surface area contributed by atoms with E-state index < -0.39 is 10.8 Å². The van der Waals surface area contributed by atoms with E-state index in [0.29, 0.717) is 0 Å². The zero-order chi connectivity index (χ0) is 47.1. The summed E-state index contributed by atoms with van der Waals surface area (Å²) in [5.41, 5.74) is 22.2. The summed E-state index contributed by atoms with van der Waals surface area (Å²) in [5.74, 6) is 1.83. The lowest BCUT2D eigenvalue weighted by Gasteiger charge is -2.40. The molecular weight excluding hydrogens is 871 g/mol. The van der Waals surface area contributed by atoms with Gasteiger partial charge in [0, 0.05) is 38.8 Å². The van der Waals surface area contributed by atoms with E-state index >= 15 is 0 Å². The molecule has 12 aromatic carbocycles. The highest BCUT2D eigenvalue weighted by molar-refractivity contribution is 6.02. The summed E-state index contributed by atoms with van der Waals surface area (Å²) in [4.78, 5) is 2.53. The molecule has 1 heterocycles. The number of benzene rings is 12. The maximum Gasteiger partial charge on any atom is 0.140 e. The van der Waals surface area contributed by atoms with Crippen LogP contribution in [0.3, 0.4) is 0 Å². The van der Waals surface area contributed by atoms with Gasteiger partial charge in [0.2, 0.25) is 0 Å². The first-order chi connectivity index (χ1) is 35.7. The summed E-state index contributed by atoms with van der Waals surface area (Å²) in [6, 6.07) is 97.3. The topological polar surface area (TPSA) is 12.5 Å². The van der Waals surface area contributed by atoms with Gasteiger partial charge in [-0.2, -0.15) is 0 Å². The standard InChI is InChI=1S/C70H43NO/c1-2-18-44(19-3-1)49-22-12-17-33-66(49)71(47-36-38-56-54-27-10-15-31-60(54)69(64(56)42-47)58-29-13-8-25-52(58)53-26-9-14-30-59(53)69)48-37-39-57-55-28-11-16-32-61(55)70(65(57)43-48)62-40-34-45-20-4-6-23-50(45)67(62)72-68-51-24-7-5-21-46(51)35-41-63(68)70/h1-43H. The zero-order valence-corrected chi connectivity index (χ0v) is 39.2. The molecule has 0 bridgehead atoms. The fraction of sp³-hybridized carbons (Fsp3) is 0.0286. The van der Waals surface area contributed by atoms with Crippen molar-refractivity contribution in [1.29, 1.82) is 0 Å². The molecule has 2 nitrogen and oxygen atoms in total. The first-order valence-electron chi connectivity index (χ1n) is 25.1. The van der Waals surface area contributed by atoms with Gasteiger partial charge >= 0.3 is 0 Å². The molecule has 0 aromatic heterocycles. The van der Waals surface area contributed by atoms with Gasteiger partial charge in [-0.15, -0.1) is 0 Å². The van der Waals surface area contributed by atoms with E-state index in [0.717, 1.165) is 72.4 Å². The van der Waals surface area contributed by atoms with Crippen molar-refractivity contribution in [1.82, 2.24) is 0 Å². The van der Waals surface area contributed by atoms with Crippen LogP contribution in [0.4, 0.5) is 17.1 Å². The van der Waals surface area contributed by atoms with E-state index in [9.17, 15) is 0 Å². The van der Waals surface area contributed by atoms with E-state index in [2.05, 4.69) is 266 Å². The maximum atomic E-state index is 7.36. The molecule has 1 aliphatic heterocycles. The normalized spacial score (nSPS) is 14.2. The van der Waals surface area contributed by atoms with Crippen LogP contribution in [0.2, 0.25) is 0 Å².